The molecule has 0 spiro atoms. The van der Waals surface area contributed by atoms with Crippen molar-refractivity contribution in [2.24, 2.45) is 11.8 Å². The number of ether oxygens (including phenoxy) is 2. The summed E-state index contributed by atoms with van der Waals surface area (Å²) in [6.07, 6.45) is -1.66. The summed E-state index contributed by atoms with van der Waals surface area (Å²) in [6.45, 7) is 2.55. The minimum atomic E-state index is -4.82. The zero-order valence-corrected chi connectivity index (χ0v) is 36.3. The lowest BCUT2D eigenvalue weighted by Gasteiger charge is -2.40. The van der Waals surface area contributed by atoms with Crippen LogP contribution in [-0.4, -0.2) is 136 Å². The molecule has 4 aliphatic heterocycles. The van der Waals surface area contributed by atoms with Gasteiger partial charge in [0.05, 0.1) is 35.4 Å². The highest BCUT2D eigenvalue weighted by Crippen LogP contribution is 2.39. The van der Waals surface area contributed by atoms with Gasteiger partial charge in [-0.1, -0.05) is 41.9 Å². The van der Waals surface area contributed by atoms with Gasteiger partial charge >= 0.3 is 23.9 Å². The largest absolute Gasteiger partial charge is 0.457 e. The van der Waals surface area contributed by atoms with Gasteiger partial charge in [-0.15, -0.1) is 5.10 Å². The Balaban J connectivity index is 0.921. The van der Waals surface area contributed by atoms with E-state index in [2.05, 4.69) is 10.1 Å². The van der Waals surface area contributed by atoms with Crippen LogP contribution in [0.15, 0.2) is 47.3 Å². The number of aromatic amines is 1. The molecule has 20 heteroatoms. The molecular formula is C44H54ClF3N8O8. The molecule has 3 aromatic rings. The summed E-state index contributed by atoms with van der Waals surface area (Å²) in [7, 11) is 0. The lowest BCUT2D eigenvalue weighted by atomic mass is 9.78. The van der Waals surface area contributed by atoms with Crippen LogP contribution in [0.2, 0.25) is 5.02 Å². The van der Waals surface area contributed by atoms with Crippen LogP contribution in [0, 0.1) is 11.8 Å². The van der Waals surface area contributed by atoms with Crippen molar-refractivity contribution in [1.82, 2.24) is 34.4 Å². The molecule has 1 atom stereocenters. The Labute approximate surface area is 373 Å². The van der Waals surface area contributed by atoms with E-state index < -0.39 is 41.5 Å². The molecule has 1 aromatic heterocycles. The number of H-pyrrole nitrogens is 1. The van der Waals surface area contributed by atoms with Crippen LogP contribution in [0.4, 0.5) is 23.7 Å². The van der Waals surface area contributed by atoms with E-state index >= 15 is 0 Å². The van der Waals surface area contributed by atoms with E-state index in [4.69, 9.17) is 26.8 Å². The highest BCUT2D eigenvalue weighted by atomic mass is 35.5. The number of nitrogen functional groups attached to an aromatic ring is 1. The third kappa shape index (κ3) is 11.6. The number of aromatic nitrogens is 3. The summed E-state index contributed by atoms with van der Waals surface area (Å²) >= 11 is 6.14. The normalized spacial score (nSPS) is 19.1. The Kier molecular flexibility index (Phi) is 15.0. The number of rotatable bonds is 13. The second-order valence-electron chi connectivity index (χ2n) is 17.2. The number of carbonyl (C=O) groups is 5. The van der Waals surface area contributed by atoms with E-state index in [0.717, 1.165) is 37.3 Å². The number of nitrogens with zero attached hydrogens (tertiary/aromatic N) is 6. The standard InChI is InChI=1S/C44H54ClF3N8O8/c45-35-23-28(22-34(39(35)49)44(46,47)48)24-36(64-43(62)54-20-13-32(14-21-54)56-42(61)50-40(51-56)31-6-2-1-3-7-31)41(60)53-18-11-30(12-19-53)29-9-16-52(17-10-29)26-38(59)63-27-33(57)25-55-15-5-4-8-37(55)58/h1-3,6-7,22-23,29-30,32,36H,4-5,8-21,24-27,49H2,(H,50,51,61)/t36-/m1/s1. The number of nitrogens with one attached hydrogen (secondary N) is 1. The molecular weight excluding hydrogens is 861 g/mol. The number of hydrogen-bond acceptors (Lipinski definition) is 11. The van der Waals surface area contributed by atoms with Crippen molar-refractivity contribution in [3.63, 3.8) is 0 Å². The van der Waals surface area contributed by atoms with Gasteiger partial charge in [-0.05, 0) is 94.0 Å². The molecule has 0 bridgehead atoms. The zero-order chi connectivity index (χ0) is 45.5. The highest BCUT2D eigenvalue weighted by Gasteiger charge is 2.38. The lowest BCUT2D eigenvalue weighted by Crippen LogP contribution is -2.49. The molecule has 4 fully saturated rings. The number of amides is 3. The molecule has 0 radical (unpaired) electrons. The minimum absolute atomic E-state index is 0.0228. The Morgan fingerprint density at radius 1 is 0.859 bits per heavy atom. The van der Waals surface area contributed by atoms with Crippen LogP contribution in [-0.2, 0) is 41.2 Å². The van der Waals surface area contributed by atoms with E-state index in [1.54, 1.807) is 4.90 Å². The van der Waals surface area contributed by atoms with Gasteiger partial charge in [0.2, 0.25) is 5.91 Å². The maximum Gasteiger partial charge on any atom is 0.418 e. The number of likely N-dealkylation sites (tertiary alicyclic amines) is 4. The fourth-order valence-corrected chi connectivity index (χ4v) is 9.52. The minimum Gasteiger partial charge on any atom is -0.457 e. The molecule has 16 nitrogen and oxygen atoms in total. The van der Waals surface area contributed by atoms with Gasteiger partial charge < -0.3 is 29.9 Å². The molecule has 3 N–H and O–H groups in total. The molecule has 64 heavy (non-hydrogen) atoms. The molecule has 4 aliphatic rings. The number of anilines is 1. The second-order valence-corrected chi connectivity index (χ2v) is 17.6. The maximum atomic E-state index is 14.2. The molecule has 0 unspecified atom stereocenters. The molecule has 7 rings (SSSR count). The number of benzene rings is 2. The summed E-state index contributed by atoms with van der Waals surface area (Å²) in [6, 6.07) is 10.9. The van der Waals surface area contributed by atoms with Crippen molar-refractivity contribution < 1.29 is 46.6 Å². The lowest BCUT2D eigenvalue weighted by molar-refractivity contribution is -0.150. The molecule has 3 amide bonds. The number of alkyl halides is 3. The molecule has 5 heterocycles. The second kappa shape index (κ2) is 20.6. The van der Waals surface area contributed by atoms with Crippen LogP contribution >= 0.6 is 11.6 Å². The predicted molar refractivity (Wildman–Crippen MR) is 228 cm³/mol. The van der Waals surface area contributed by atoms with Gasteiger partial charge in [0.25, 0.3) is 5.91 Å². The molecule has 2 aromatic carbocycles. The van der Waals surface area contributed by atoms with Crippen LogP contribution in [0.1, 0.15) is 75.0 Å². The van der Waals surface area contributed by atoms with E-state index in [9.17, 15) is 41.9 Å². The molecule has 4 saturated heterocycles. The first-order valence-corrected chi connectivity index (χ1v) is 22.3. The smallest absolute Gasteiger partial charge is 0.418 e. The summed E-state index contributed by atoms with van der Waals surface area (Å²) in [5.41, 5.74) is 4.27. The fourth-order valence-electron chi connectivity index (χ4n) is 9.27. The third-order valence-electron chi connectivity index (χ3n) is 12.9. The Morgan fingerprint density at radius 2 is 1.52 bits per heavy atom. The molecule has 0 aliphatic carbocycles. The number of hydrogen-bond donors (Lipinski definition) is 2. The number of esters is 1. The summed E-state index contributed by atoms with van der Waals surface area (Å²) in [5, 5.41) is 4.15. The van der Waals surface area contributed by atoms with Crippen molar-refractivity contribution in [3.05, 3.63) is 69.1 Å². The van der Waals surface area contributed by atoms with Crippen molar-refractivity contribution in [2.75, 3.05) is 71.2 Å². The Bertz CT molecular complexity index is 2210. The topological polar surface area (TPSA) is 193 Å². The van der Waals surface area contributed by atoms with Crippen molar-refractivity contribution in [1.29, 1.82) is 0 Å². The third-order valence-corrected chi connectivity index (χ3v) is 13.2. The first kappa shape index (κ1) is 46.6. The zero-order valence-electron chi connectivity index (χ0n) is 35.5. The van der Waals surface area contributed by atoms with Gasteiger partial charge in [0.15, 0.2) is 24.3 Å². The number of Topliss-reactive ketones (excluding diaryl/α,β-unsaturated/α-hetero) is 1. The first-order chi connectivity index (χ1) is 30.6. The number of piperidine rings is 4. The number of ketones is 1. The van der Waals surface area contributed by atoms with Gasteiger partial charge in [-0.2, -0.15) is 13.2 Å². The van der Waals surface area contributed by atoms with Crippen LogP contribution in [0.25, 0.3) is 11.4 Å². The first-order valence-electron chi connectivity index (χ1n) is 21.9. The van der Waals surface area contributed by atoms with E-state index in [1.165, 1.54) is 20.5 Å². The van der Waals surface area contributed by atoms with Crippen LogP contribution in [0.3, 0.4) is 0 Å². The van der Waals surface area contributed by atoms with Gasteiger partial charge in [-0.25, -0.2) is 14.3 Å². The highest BCUT2D eigenvalue weighted by molar-refractivity contribution is 6.33. The van der Waals surface area contributed by atoms with Crippen molar-refractivity contribution in [3.8, 4) is 11.4 Å². The van der Waals surface area contributed by atoms with E-state index in [1.807, 2.05) is 35.2 Å². The van der Waals surface area contributed by atoms with E-state index in [0.29, 0.717) is 76.6 Å². The quantitative estimate of drug-likeness (QED) is 0.174. The average molecular weight is 915 g/mol. The van der Waals surface area contributed by atoms with Crippen LogP contribution in [0.5, 0.6) is 0 Å². The molecule has 0 saturated carbocycles. The SMILES string of the molecule is Nc1c(Cl)cc(C[C@@H](OC(=O)N2CCC(n3nc(-c4ccccc4)[nH]c3=O)CC2)C(=O)N2CCC(C3CCN(CC(=O)OCC(=O)CN4CCCCC4=O)CC3)CC2)cc1C(F)(F)F. The number of carbonyl (C=O) groups excluding carboxylic acids is 5. The number of nitrogens with two attached hydrogens (primary N) is 1. The van der Waals surface area contributed by atoms with Gasteiger partial charge in [0, 0.05) is 51.1 Å². The van der Waals surface area contributed by atoms with E-state index in [-0.39, 0.29) is 79.1 Å². The Morgan fingerprint density at radius 3 is 2.17 bits per heavy atom. The average Bonchev–Trinajstić information content (AvgIpc) is 3.68. The monoisotopic (exact) mass is 914 g/mol. The van der Waals surface area contributed by atoms with Gasteiger partial charge in [-0.3, -0.25) is 29.1 Å². The van der Waals surface area contributed by atoms with Crippen molar-refractivity contribution >= 4 is 46.9 Å². The maximum absolute atomic E-state index is 14.2. The fraction of sp³-hybridized carbons (Fsp3) is 0.568. The predicted octanol–water partition coefficient (Wildman–Crippen LogP) is 4.95. The summed E-state index contributed by atoms with van der Waals surface area (Å²) in [4.78, 5) is 86.9. The summed E-state index contributed by atoms with van der Waals surface area (Å²) in [5.74, 6) is -0.364. The Hall–Kier alpha value is -5.43. The van der Waals surface area contributed by atoms with Gasteiger partial charge in [0.1, 0.15) is 0 Å². The van der Waals surface area contributed by atoms with Crippen molar-refractivity contribution in [2.45, 2.75) is 82.5 Å². The molecule has 346 valence electrons. The summed E-state index contributed by atoms with van der Waals surface area (Å²) < 4.78 is 54.3. The number of halogens is 4. The van der Waals surface area contributed by atoms with Crippen LogP contribution < -0.4 is 11.4 Å².